The highest BCUT2D eigenvalue weighted by Gasteiger charge is 2.41. The first-order chi connectivity index (χ1) is 16.1. The van der Waals surface area contributed by atoms with Crippen molar-refractivity contribution in [1.29, 1.82) is 0 Å². The third-order valence-electron chi connectivity index (χ3n) is 5.13. The lowest BCUT2D eigenvalue weighted by Gasteiger charge is -2.19. The van der Waals surface area contributed by atoms with Crippen LogP contribution in [-0.2, 0) is 9.59 Å². The van der Waals surface area contributed by atoms with E-state index in [2.05, 4.69) is 5.32 Å². The molecule has 0 saturated heterocycles. The minimum Gasteiger partial charge on any atom is -0.494 e. The number of carbonyl (C=O) groups excluding carboxylic acids is 2. The van der Waals surface area contributed by atoms with Crippen LogP contribution < -0.4 is 19.7 Å². The molecule has 0 spiro atoms. The Bertz CT molecular complexity index is 1190. The van der Waals surface area contributed by atoms with Crippen LogP contribution in [0.4, 0.5) is 11.4 Å². The zero-order valence-electron chi connectivity index (χ0n) is 18.7. The molecule has 0 aliphatic carbocycles. The number of para-hydroxylation sites is 2. The smallest absolute Gasteiger partial charge is 0.282 e. The molecule has 4 rings (SSSR count). The van der Waals surface area contributed by atoms with Gasteiger partial charge in [0.25, 0.3) is 11.8 Å². The molecule has 0 saturated carbocycles. The van der Waals surface area contributed by atoms with Crippen molar-refractivity contribution in [2.75, 3.05) is 23.4 Å². The van der Waals surface area contributed by atoms with Gasteiger partial charge in [-0.2, -0.15) is 0 Å². The number of nitrogens with one attached hydrogen (secondary N) is 1. The topological polar surface area (TPSA) is 67.9 Å². The Kier molecular flexibility index (Phi) is 6.74. The Labute approximate surface area is 193 Å². The van der Waals surface area contributed by atoms with Gasteiger partial charge in [0.15, 0.2) is 0 Å². The molecule has 0 bridgehead atoms. The lowest BCUT2D eigenvalue weighted by atomic mass is 10.0. The molecule has 2 amide bonds. The number of amides is 2. The lowest BCUT2D eigenvalue weighted by Crippen LogP contribution is -2.32. The van der Waals surface area contributed by atoms with Crippen molar-refractivity contribution >= 4 is 28.8 Å². The van der Waals surface area contributed by atoms with Crippen molar-refractivity contribution in [3.63, 3.8) is 0 Å². The van der Waals surface area contributed by atoms with E-state index in [0.717, 1.165) is 6.42 Å². The predicted octanol–water partition coefficient (Wildman–Crippen LogP) is 5.27. The third kappa shape index (κ3) is 4.60. The van der Waals surface area contributed by atoms with Crippen LogP contribution in [0.15, 0.2) is 84.6 Å². The van der Waals surface area contributed by atoms with E-state index in [-0.39, 0.29) is 5.70 Å². The molecule has 1 aliphatic rings. The quantitative estimate of drug-likeness (QED) is 0.457. The summed E-state index contributed by atoms with van der Waals surface area (Å²) in [6.45, 7) is 4.91. The van der Waals surface area contributed by atoms with E-state index in [1.165, 1.54) is 4.90 Å². The summed E-state index contributed by atoms with van der Waals surface area (Å²) in [4.78, 5) is 28.4. The summed E-state index contributed by atoms with van der Waals surface area (Å²) >= 11 is 0. The Hall–Kier alpha value is -4.06. The summed E-state index contributed by atoms with van der Waals surface area (Å²) < 4.78 is 11.4. The van der Waals surface area contributed by atoms with Gasteiger partial charge in [0.05, 0.1) is 24.5 Å². The first kappa shape index (κ1) is 22.1. The van der Waals surface area contributed by atoms with Gasteiger partial charge in [0, 0.05) is 11.8 Å². The predicted molar refractivity (Wildman–Crippen MR) is 129 cm³/mol. The number of ether oxygens (including phenoxy) is 2. The number of nitrogens with zero attached hydrogens (tertiary/aromatic N) is 1. The fraction of sp³-hybridized carbons (Fsp3) is 0.185. The summed E-state index contributed by atoms with van der Waals surface area (Å²) in [7, 11) is 0. The van der Waals surface area contributed by atoms with Crippen LogP contribution in [0.3, 0.4) is 0 Å². The molecule has 1 heterocycles. The first-order valence-electron chi connectivity index (χ1n) is 11.0. The Morgan fingerprint density at radius 1 is 0.818 bits per heavy atom. The van der Waals surface area contributed by atoms with Crippen LogP contribution >= 0.6 is 0 Å². The highest BCUT2D eigenvalue weighted by atomic mass is 16.5. The van der Waals surface area contributed by atoms with Crippen molar-refractivity contribution in [3.8, 4) is 11.5 Å². The fourth-order valence-electron chi connectivity index (χ4n) is 3.68. The van der Waals surface area contributed by atoms with E-state index in [1.54, 1.807) is 18.2 Å². The van der Waals surface area contributed by atoms with Crippen LogP contribution in [0.1, 0.15) is 25.8 Å². The number of carbonyl (C=O) groups is 2. The molecule has 3 aromatic carbocycles. The standard InChI is InChI=1S/C27H26N2O4/c1-3-17-33-21-14-10-13-20(18-21)28-25-24(19-11-6-5-7-12-19)26(30)29(27(25)31)22-15-8-9-16-23(22)32-4-2/h5-16,18,28H,3-4,17H2,1-2H3. The Morgan fingerprint density at radius 2 is 1.58 bits per heavy atom. The Morgan fingerprint density at radius 3 is 2.33 bits per heavy atom. The molecule has 0 unspecified atom stereocenters. The molecule has 168 valence electrons. The SMILES string of the molecule is CCCOc1cccc(NC2=C(c3ccccc3)C(=O)N(c3ccccc3OCC)C2=O)c1. The molecule has 1 N–H and O–H groups in total. The van der Waals surface area contributed by atoms with Crippen LogP contribution in [0.2, 0.25) is 0 Å². The molecule has 6 heteroatoms. The van der Waals surface area contributed by atoms with Crippen molar-refractivity contribution < 1.29 is 19.1 Å². The van der Waals surface area contributed by atoms with Crippen LogP contribution in [-0.4, -0.2) is 25.0 Å². The van der Waals surface area contributed by atoms with Gasteiger partial charge in [-0.15, -0.1) is 0 Å². The number of imide groups is 1. The Balaban J connectivity index is 1.76. The second kappa shape index (κ2) is 10.0. The molecule has 1 aliphatic heterocycles. The lowest BCUT2D eigenvalue weighted by molar-refractivity contribution is -0.120. The summed E-state index contributed by atoms with van der Waals surface area (Å²) in [5.41, 5.74) is 2.26. The third-order valence-corrected chi connectivity index (χ3v) is 5.13. The normalized spacial score (nSPS) is 13.5. The van der Waals surface area contributed by atoms with Crippen molar-refractivity contribution in [2.24, 2.45) is 0 Å². The maximum atomic E-state index is 13.6. The van der Waals surface area contributed by atoms with Gasteiger partial charge in [-0.1, -0.05) is 55.5 Å². The molecule has 6 nitrogen and oxygen atoms in total. The largest absolute Gasteiger partial charge is 0.494 e. The van der Waals surface area contributed by atoms with Gasteiger partial charge < -0.3 is 14.8 Å². The van der Waals surface area contributed by atoms with Crippen molar-refractivity contribution in [2.45, 2.75) is 20.3 Å². The number of rotatable bonds is 9. The van der Waals surface area contributed by atoms with E-state index in [4.69, 9.17) is 9.47 Å². The number of hydrogen-bond donors (Lipinski definition) is 1. The number of benzene rings is 3. The second-order valence-electron chi connectivity index (χ2n) is 7.46. The van der Waals surface area contributed by atoms with Crippen LogP contribution in [0.5, 0.6) is 11.5 Å². The van der Waals surface area contributed by atoms with Crippen LogP contribution in [0.25, 0.3) is 5.57 Å². The summed E-state index contributed by atoms with van der Waals surface area (Å²) in [6.07, 6.45) is 0.891. The van der Waals surface area contributed by atoms with E-state index < -0.39 is 11.8 Å². The molecular weight excluding hydrogens is 416 g/mol. The van der Waals surface area contributed by atoms with Gasteiger partial charge in [0.1, 0.15) is 17.2 Å². The molecule has 33 heavy (non-hydrogen) atoms. The van der Waals surface area contributed by atoms with Gasteiger partial charge in [-0.3, -0.25) is 9.59 Å². The van der Waals surface area contributed by atoms with E-state index >= 15 is 0 Å². The number of anilines is 2. The van der Waals surface area contributed by atoms with Crippen LogP contribution in [0, 0.1) is 0 Å². The maximum Gasteiger partial charge on any atom is 0.282 e. The minimum absolute atomic E-state index is 0.213. The zero-order chi connectivity index (χ0) is 23.2. The van der Waals surface area contributed by atoms with Crippen molar-refractivity contribution in [3.05, 3.63) is 90.1 Å². The van der Waals surface area contributed by atoms with Gasteiger partial charge in [0.2, 0.25) is 0 Å². The monoisotopic (exact) mass is 442 g/mol. The molecule has 0 fully saturated rings. The van der Waals surface area contributed by atoms with Crippen molar-refractivity contribution in [1.82, 2.24) is 0 Å². The highest BCUT2D eigenvalue weighted by Crippen LogP contribution is 2.38. The van der Waals surface area contributed by atoms with E-state index in [9.17, 15) is 9.59 Å². The summed E-state index contributed by atoms with van der Waals surface area (Å²) in [5.74, 6) is 0.328. The zero-order valence-corrected chi connectivity index (χ0v) is 18.7. The summed E-state index contributed by atoms with van der Waals surface area (Å²) in [6, 6.07) is 23.6. The fourth-order valence-corrected chi connectivity index (χ4v) is 3.68. The molecule has 0 radical (unpaired) electrons. The molecule has 0 aromatic heterocycles. The number of hydrogen-bond acceptors (Lipinski definition) is 5. The minimum atomic E-state index is -0.439. The average Bonchev–Trinajstić information content (AvgIpc) is 3.08. The highest BCUT2D eigenvalue weighted by molar-refractivity contribution is 6.46. The molecule has 3 aromatic rings. The average molecular weight is 443 g/mol. The van der Waals surface area contributed by atoms with E-state index in [0.29, 0.717) is 47.2 Å². The van der Waals surface area contributed by atoms with Gasteiger partial charge in [-0.25, -0.2) is 4.90 Å². The second-order valence-corrected chi connectivity index (χ2v) is 7.46. The van der Waals surface area contributed by atoms with Gasteiger partial charge >= 0.3 is 0 Å². The maximum absolute atomic E-state index is 13.6. The summed E-state index contributed by atoms with van der Waals surface area (Å²) in [5, 5.41) is 3.18. The molecule has 0 atom stereocenters. The van der Waals surface area contributed by atoms with Gasteiger partial charge in [-0.05, 0) is 43.2 Å². The molecular formula is C27H26N2O4. The van der Waals surface area contributed by atoms with E-state index in [1.807, 2.05) is 74.5 Å². The first-order valence-corrected chi connectivity index (χ1v) is 11.0.